The molecule has 2 amide bonds. The summed E-state index contributed by atoms with van der Waals surface area (Å²) < 4.78 is 18.7. The van der Waals surface area contributed by atoms with Gasteiger partial charge in [0.2, 0.25) is 0 Å². The number of anilines is 1. The average molecular weight is 365 g/mol. The van der Waals surface area contributed by atoms with Crippen LogP contribution in [-0.4, -0.2) is 17.5 Å². The molecule has 0 spiro atoms. The Balaban J connectivity index is 1.70. The van der Waals surface area contributed by atoms with Gasteiger partial charge in [0.1, 0.15) is 5.82 Å². The molecule has 7 heteroatoms. The fraction of sp³-hybridized carbons (Fsp3) is 0.0500. The van der Waals surface area contributed by atoms with Crippen molar-refractivity contribution in [1.29, 1.82) is 0 Å². The number of hydrogen-bond acceptors (Lipinski definition) is 4. The van der Waals surface area contributed by atoms with Crippen molar-refractivity contribution in [1.82, 2.24) is 5.43 Å². The molecule has 0 aliphatic rings. The van der Waals surface area contributed by atoms with E-state index >= 15 is 0 Å². The molecule has 0 saturated carbocycles. The number of rotatable bonds is 5. The van der Waals surface area contributed by atoms with Crippen LogP contribution in [0.1, 0.15) is 33.4 Å². The molecule has 0 atom stereocenters. The highest BCUT2D eigenvalue weighted by Crippen LogP contribution is 2.14. The highest BCUT2D eigenvalue weighted by molar-refractivity contribution is 6.04. The van der Waals surface area contributed by atoms with Crippen molar-refractivity contribution in [2.45, 2.75) is 6.92 Å². The summed E-state index contributed by atoms with van der Waals surface area (Å²) in [5, 5.41) is 6.71. The van der Waals surface area contributed by atoms with Crippen molar-refractivity contribution < 1.29 is 18.4 Å². The van der Waals surface area contributed by atoms with E-state index in [4.69, 9.17) is 4.42 Å². The summed E-state index contributed by atoms with van der Waals surface area (Å²) in [6.45, 7) is 1.69. The lowest BCUT2D eigenvalue weighted by atomic mass is 10.1. The predicted octanol–water partition coefficient (Wildman–Crippen LogP) is 3.83. The quantitative estimate of drug-likeness (QED) is 0.532. The number of furan rings is 1. The van der Waals surface area contributed by atoms with Gasteiger partial charge < -0.3 is 9.73 Å². The van der Waals surface area contributed by atoms with E-state index in [1.165, 1.54) is 24.5 Å². The van der Waals surface area contributed by atoms with E-state index in [1.807, 2.05) is 0 Å². The van der Waals surface area contributed by atoms with Gasteiger partial charge in [0.05, 0.1) is 17.5 Å². The first-order valence-electron chi connectivity index (χ1n) is 8.09. The molecule has 3 aromatic rings. The minimum absolute atomic E-state index is 0.0893. The van der Waals surface area contributed by atoms with Crippen LogP contribution in [0.5, 0.6) is 0 Å². The zero-order valence-electron chi connectivity index (χ0n) is 14.4. The number of nitrogens with zero attached hydrogens (tertiary/aromatic N) is 1. The molecule has 0 radical (unpaired) electrons. The van der Waals surface area contributed by atoms with E-state index in [2.05, 4.69) is 15.8 Å². The van der Waals surface area contributed by atoms with Crippen LogP contribution in [0.15, 0.2) is 76.4 Å². The molecule has 0 aliphatic carbocycles. The minimum atomic E-state index is -0.644. The van der Waals surface area contributed by atoms with E-state index in [-0.39, 0.29) is 17.2 Å². The Morgan fingerprint density at radius 1 is 1.00 bits per heavy atom. The summed E-state index contributed by atoms with van der Waals surface area (Å²) >= 11 is 0. The number of benzene rings is 2. The maximum atomic E-state index is 13.6. The number of carbonyl (C=O) groups excluding carboxylic acids is 2. The van der Waals surface area contributed by atoms with Crippen molar-refractivity contribution >= 4 is 23.2 Å². The Kier molecular flexibility index (Phi) is 5.41. The first-order chi connectivity index (χ1) is 13.0. The largest absolute Gasteiger partial charge is 0.459 e. The number of carbonyl (C=O) groups is 2. The lowest BCUT2D eigenvalue weighted by Gasteiger charge is -2.07. The molecule has 0 unspecified atom stereocenters. The number of hydrazone groups is 1. The van der Waals surface area contributed by atoms with Crippen molar-refractivity contribution in [3.05, 3.63) is 89.6 Å². The highest BCUT2D eigenvalue weighted by atomic mass is 19.1. The molecule has 6 nitrogen and oxygen atoms in total. The Morgan fingerprint density at radius 3 is 2.56 bits per heavy atom. The topological polar surface area (TPSA) is 83.7 Å². The van der Waals surface area contributed by atoms with E-state index < -0.39 is 11.7 Å². The molecule has 1 heterocycles. The molecular weight excluding hydrogens is 349 g/mol. The maximum Gasteiger partial charge on any atom is 0.291 e. The first kappa shape index (κ1) is 18.1. The van der Waals surface area contributed by atoms with Gasteiger partial charge >= 0.3 is 0 Å². The molecule has 27 heavy (non-hydrogen) atoms. The summed E-state index contributed by atoms with van der Waals surface area (Å²) in [5.74, 6) is -1.44. The van der Waals surface area contributed by atoms with Gasteiger partial charge in [-0.25, -0.2) is 9.82 Å². The molecular formula is C20H16FN3O3. The van der Waals surface area contributed by atoms with Crippen LogP contribution in [-0.2, 0) is 0 Å². The number of halogens is 1. The Bertz CT molecular complexity index is 997. The van der Waals surface area contributed by atoms with Gasteiger partial charge in [-0.05, 0) is 48.9 Å². The molecule has 0 bridgehead atoms. The van der Waals surface area contributed by atoms with Gasteiger partial charge in [0, 0.05) is 5.69 Å². The fourth-order valence-electron chi connectivity index (χ4n) is 2.33. The second-order valence-corrected chi connectivity index (χ2v) is 5.63. The molecule has 0 fully saturated rings. The van der Waals surface area contributed by atoms with Crippen LogP contribution < -0.4 is 10.7 Å². The van der Waals surface area contributed by atoms with Gasteiger partial charge in [-0.15, -0.1) is 0 Å². The Labute approximate surface area is 154 Å². The van der Waals surface area contributed by atoms with Gasteiger partial charge in [-0.2, -0.15) is 5.10 Å². The van der Waals surface area contributed by atoms with Crippen LogP contribution >= 0.6 is 0 Å². The summed E-state index contributed by atoms with van der Waals surface area (Å²) in [4.78, 5) is 24.1. The van der Waals surface area contributed by atoms with E-state index in [0.29, 0.717) is 17.0 Å². The van der Waals surface area contributed by atoms with Crippen LogP contribution in [0.4, 0.5) is 10.1 Å². The van der Waals surface area contributed by atoms with Crippen LogP contribution in [0.2, 0.25) is 0 Å². The minimum Gasteiger partial charge on any atom is -0.459 e. The predicted molar refractivity (Wildman–Crippen MR) is 99.2 cm³/mol. The van der Waals surface area contributed by atoms with Crippen molar-refractivity contribution in [3.8, 4) is 0 Å². The smallest absolute Gasteiger partial charge is 0.291 e. The molecule has 0 saturated heterocycles. The van der Waals surface area contributed by atoms with Crippen LogP contribution in [0, 0.1) is 5.82 Å². The van der Waals surface area contributed by atoms with Gasteiger partial charge in [-0.3, -0.25) is 9.59 Å². The molecule has 0 aliphatic heterocycles. The number of nitrogens with one attached hydrogen (secondary N) is 2. The summed E-state index contributed by atoms with van der Waals surface area (Å²) in [7, 11) is 0. The average Bonchev–Trinajstić information content (AvgIpc) is 3.21. The standard InChI is InChI=1S/C20H16FN3O3/c1-13(23-24-19(25)16-8-2-3-9-17(16)21)14-6-4-7-15(12-14)22-20(26)18-10-5-11-27-18/h2-12H,1H3,(H,22,26)(H,24,25). The Morgan fingerprint density at radius 2 is 1.81 bits per heavy atom. The van der Waals surface area contributed by atoms with Crippen LogP contribution in [0.25, 0.3) is 0 Å². The third-order valence-corrected chi connectivity index (χ3v) is 3.73. The second kappa shape index (κ2) is 8.09. The van der Waals surface area contributed by atoms with Gasteiger partial charge in [0.25, 0.3) is 11.8 Å². The monoisotopic (exact) mass is 365 g/mol. The van der Waals surface area contributed by atoms with E-state index in [0.717, 1.165) is 0 Å². The normalized spacial score (nSPS) is 11.1. The summed E-state index contributed by atoms with van der Waals surface area (Å²) in [5.41, 5.74) is 3.96. The van der Waals surface area contributed by atoms with Crippen molar-refractivity contribution in [2.75, 3.05) is 5.32 Å². The maximum absolute atomic E-state index is 13.6. The number of hydrogen-bond donors (Lipinski definition) is 2. The third-order valence-electron chi connectivity index (χ3n) is 3.73. The molecule has 136 valence electrons. The zero-order valence-corrected chi connectivity index (χ0v) is 14.4. The zero-order chi connectivity index (χ0) is 19.2. The fourth-order valence-corrected chi connectivity index (χ4v) is 2.33. The molecule has 2 aromatic carbocycles. The second-order valence-electron chi connectivity index (χ2n) is 5.63. The molecule has 3 rings (SSSR count). The highest BCUT2D eigenvalue weighted by Gasteiger charge is 2.11. The van der Waals surface area contributed by atoms with E-state index in [9.17, 15) is 14.0 Å². The van der Waals surface area contributed by atoms with Crippen molar-refractivity contribution in [3.63, 3.8) is 0 Å². The lowest BCUT2D eigenvalue weighted by Crippen LogP contribution is -2.20. The molecule has 1 aromatic heterocycles. The molecule has 2 N–H and O–H groups in total. The summed E-state index contributed by atoms with van der Waals surface area (Å²) in [6.07, 6.45) is 1.42. The third kappa shape index (κ3) is 4.46. The lowest BCUT2D eigenvalue weighted by molar-refractivity contribution is 0.0949. The van der Waals surface area contributed by atoms with Crippen LogP contribution in [0.3, 0.4) is 0 Å². The first-order valence-corrected chi connectivity index (χ1v) is 8.09. The van der Waals surface area contributed by atoms with Gasteiger partial charge in [-0.1, -0.05) is 24.3 Å². The SMILES string of the molecule is CC(=NNC(=O)c1ccccc1F)c1cccc(NC(=O)c2ccco2)c1. The Hall–Kier alpha value is -3.74. The van der Waals surface area contributed by atoms with E-state index in [1.54, 1.807) is 49.4 Å². The summed E-state index contributed by atoms with van der Waals surface area (Å²) in [6, 6.07) is 15.8. The number of amides is 2. The van der Waals surface area contributed by atoms with Crippen molar-refractivity contribution in [2.24, 2.45) is 5.10 Å². The van der Waals surface area contributed by atoms with Gasteiger partial charge in [0.15, 0.2) is 5.76 Å².